The van der Waals surface area contributed by atoms with Crippen LogP contribution in [0.5, 0.6) is 0 Å². The van der Waals surface area contributed by atoms with Crippen LogP contribution in [0.1, 0.15) is 23.3 Å². The molecule has 1 atom stereocenters. The van der Waals surface area contributed by atoms with E-state index in [2.05, 4.69) is 5.32 Å². The highest BCUT2D eigenvalue weighted by atomic mass is 35.5. The number of amides is 1. The maximum Gasteiger partial charge on any atom is 0.250 e. The number of aromatic nitrogens is 1. The number of hydrogen-bond acceptors (Lipinski definition) is 3. The minimum atomic E-state index is -0.288. The van der Waals surface area contributed by atoms with Crippen molar-refractivity contribution >= 4 is 34.5 Å². The predicted octanol–water partition coefficient (Wildman–Crippen LogP) is 3.15. The zero-order valence-electron chi connectivity index (χ0n) is 11.4. The van der Waals surface area contributed by atoms with Crippen LogP contribution in [0.15, 0.2) is 29.2 Å². The van der Waals surface area contributed by atoms with Gasteiger partial charge in [-0.15, -0.1) is 11.3 Å². The number of anilines is 1. The first-order valence-electron chi connectivity index (χ1n) is 6.12. The van der Waals surface area contributed by atoms with Gasteiger partial charge in [0.25, 0.3) is 5.56 Å². The molecule has 2 heterocycles. The lowest BCUT2D eigenvalue weighted by Crippen LogP contribution is -2.22. The number of nitrogens with one attached hydrogen (secondary N) is 1. The summed E-state index contributed by atoms with van der Waals surface area (Å²) in [6.45, 7) is 3.62. The third kappa shape index (κ3) is 3.11. The number of nitrogens with zero attached hydrogens (tertiary/aromatic N) is 1. The number of carbonyl (C=O) groups excluding carboxylic acids is 1. The van der Waals surface area contributed by atoms with Crippen molar-refractivity contribution in [1.29, 1.82) is 0 Å². The Balaban J connectivity index is 2.20. The summed E-state index contributed by atoms with van der Waals surface area (Å²) in [5.74, 6) is -0.408. The largest absolute Gasteiger partial charge is 0.324 e. The Kier molecular flexibility index (Phi) is 4.30. The highest BCUT2D eigenvalue weighted by Crippen LogP contribution is 2.29. The van der Waals surface area contributed by atoms with Crippen LogP contribution in [0.4, 0.5) is 5.69 Å². The van der Waals surface area contributed by atoms with Crippen molar-refractivity contribution in [3.8, 4) is 0 Å². The molecule has 1 amide bonds. The molecule has 1 N–H and O–H groups in total. The molecule has 6 heteroatoms. The molecule has 2 aromatic heterocycles. The van der Waals surface area contributed by atoms with Gasteiger partial charge in [-0.1, -0.05) is 11.6 Å². The van der Waals surface area contributed by atoms with Crippen molar-refractivity contribution in [2.24, 2.45) is 7.05 Å². The Morgan fingerprint density at radius 2 is 2.15 bits per heavy atom. The van der Waals surface area contributed by atoms with E-state index in [9.17, 15) is 9.59 Å². The number of halogens is 1. The van der Waals surface area contributed by atoms with Gasteiger partial charge in [0, 0.05) is 24.2 Å². The van der Waals surface area contributed by atoms with Gasteiger partial charge < -0.3 is 9.88 Å². The molecular formula is C14H15ClN2O2S. The van der Waals surface area contributed by atoms with Crippen LogP contribution in [0.25, 0.3) is 0 Å². The number of hydrogen-bond donors (Lipinski definition) is 1. The van der Waals surface area contributed by atoms with Crippen LogP contribution in [0.2, 0.25) is 4.34 Å². The van der Waals surface area contributed by atoms with E-state index < -0.39 is 0 Å². The molecule has 0 aliphatic rings. The zero-order valence-corrected chi connectivity index (χ0v) is 13.0. The number of thiophene rings is 1. The summed E-state index contributed by atoms with van der Waals surface area (Å²) in [6, 6.07) is 5.13. The molecule has 0 radical (unpaired) electrons. The van der Waals surface area contributed by atoms with Crippen LogP contribution < -0.4 is 10.9 Å². The minimum Gasteiger partial charge on any atom is -0.324 e. The van der Waals surface area contributed by atoms with E-state index in [0.29, 0.717) is 10.0 Å². The van der Waals surface area contributed by atoms with E-state index in [1.54, 1.807) is 26.2 Å². The van der Waals surface area contributed by atoms with Gasteiger partial charge >= 0.3 is 0 Å². The summed E-state index contributed by atoms with van der Waals surface area (Å²) in [7, 11) is 1.65. The maximum atomic E-state index is 12.2. The molecule has 4 nitrogen and oxygen atoms in total. The summed E-state index contributed by atoms with van der Waals surface area (Å²) in [5.41, 5.74) is 1.29. The molecule has 0 saturated carbocycles. The second-order valence-electron chi connectivity index (χ2n) is 4.67. The first-order chi connectivity index (χ1) is 9.38. The fourth-order valence-electron chi connectivity index (χ4n) is 1.79. The topological polar surface area (TPSA) is 51.1 Å². The van der Waals surface area contributed by atoms with Crippen molar-refractivity contribution in [3.05, 3.63) is 49.5 Å². The third-order valence-electron chi connectivity index (χ3n) is 3.11. The van der Waals surface area contributed by atoms with Gasteiger partial charge in [0.15, 0.2) is 0 Å². The molecule has 0 spiro atoms. The van der Waals surface area contributed by atoms with E-state index in [4.69, 9.17) is 11.6 Å². The summed E-state index contributed by atoms with van der Waals surface area (Å²) < 4.78 is 2.10. The van der Waals surface area contributed by atoms with E-state index in [1.165, 1.54) is 22.0 Å². The zero-order chi connectivity index (χ0) is 14.9. The molecule has 0 aliphatic heterocycles. The molecule has 0 bridgehead atoms. The van der Waals surface area contributed by atoms with Crippen molar-refractivity contribution in [1.82, 2.24) is 4.57 Å². The van der Waals surface area contributed by atoms with Gasteiger partial charge in [0.05, 0.1) is 15.9 Å². The van der Waals surface area contributed by atoms with Gasteiger partial charge in [-0.05, 0) is 31.5 Å². The van der Waals surface area contributed by atoms with Crippen molar-refractivity contribution in [2.45, 2.75) is 19.8 Å². The van der Waals surface area contributed by atoms with Crippen molar-refractivity contribution in [3.63, 3.8) is 0 Å². The molecule has 0 saturated heterocycles. The molecule has 0 aliphatic carbocycles. The number of carbonyl (C=O) groups is 1. The maximum absolute atomic E-state index is 12.2. The SMILES string of the molecule is Cc1cc(=O)n(C)cc1NC(=O)C(C)c1ccc(Cl)s1. The Labute approximate surface area is 126 Å². The second kappa shape index (κ2) is 5.81. The minimum absolute atomic E-state index is 0.0985. The Morgan fingerprint density at radius 1 is 1.45 bits per heavy atom. The van der Waals surface area contributed by atoms with Gasteiger partial charge in [-0.2, -0.15) is 0 Å². The molecule has 2 rings (SSSR count). The standard InChI is InChI=1S/C14H15ClN2O2S/c1-8-6-13(18)17(3)7-10(8)16-14(19)9(2)11-4-5-12(15)20-11/h4-7,9H,1-3H3,(H,16,19). The number of pyridine rings is 1. The highest BCUT2D eigenvalue weighted by Gasteiger charge is 2.18. The predicted molar refractivity (Wildman–Crippen MR) is 82.8 cm³/mol. The highest BCUT2D eigenvalue weighted by molar-refractivity contribution is 7.16. The van der Waals surface area contributed by atoms with E-state index in [0.717, 1.165) is 10.4 Å². The smallest absolute Gasteiger partial charge is 0.250 e. The third-order valence-corrected chi connectivity index (χ3v) is 4.52. The number of rotatable bonds is 3. The molecule has 2 aromatic rings. The monoisotopic (exact) mass is 310 g/mol. The van der Waals surface area contributed by atoms with Gasteiger partial charge in [-0.3, -0.25) is 9.59 Å². The molecule has 0 fully saturated rings. The molecule has 20 heavy (non-hydrogen) atoms. The van der Waals surface area contributed by atoms with Crippen molar-refractivity contribution < 1.29 is 4.79 Å². The molecule has 106 valence electrons. The first-order valence-corrected chi connectivity index (χ1v) is 7.31. The van der Waals surface area contributed by atoms with E-state index >= 15 is 0 Å². The van der Waals surface area contributed by atoms with Crippen molar-refractivity contribution in [2.75, 3.05) is 5.32 Å². The van der Waals surface area contributed by atoms with Gasteiger partial charge in [-0.25, -0.2) is 0 Å². The van der Waals surface area contributed by atoms with Crippen LogP contribution in [-0.2, 0) is 11.8 Å². The number of aryl methyl sites for hydroxylation is 2. The van der Waals surface area contributed by atoms with Crippen LogP contribution in [0, 0.1) is 6.92 Å². The van der Waals surface area contributed by atoms with Crippen LogP contribution in [0.3, 0.4) is 0 Å². The summed E-state index contributed by atoms with van der Waals surface area (Å²) in [4.78, 5) is 24.6. The Morgan fingerprint density at radius 3 is 2.75 bits per heavy atom. The van der Waals surface area contributed by atoms with Gasteiger partial charge in [0.2, 0.25) is 5.91 Å². The fraction of sp³-hybridized carbons (Fsp3) is 0.286. The fourth-order valence-corrected chi connectivity index (χ4v) is 2.90. The lowest BCUT2D eigenvalue weighted by atomic mass is 10.1. The average molecular weight is 311 g/mol. The van der Waals surface area contributed by atoms with E-state index in [1.807, 2.05) is 13.0 Å². The van der Waals surface area contributed by atoms with E-state index in [-0.39, 0.29) is 17.4 Å². The lowest BCUT2D eigenvalue weighted by Gasteiger charge is -2.13. The quantitative estimate of drug-likeness (QED) is 0.947. The molecule has 0 aromatic carbocycles. The Bertz CT molecular complexity index is 705. The van der Waals surface area contributed by atoms with Crippen LogP contribution in [-0.4, -0.2) is 10.5 Å². The molecular weight excluding hydrogens is 296 g/mol. The van der Waals surface area contributed by atoms with Crippen LogP contribution >= 0.6 is 22.9 Å². The Hall–Kier alpha value is -1.59. The average Bonchev–Trinajstić information content (AvgIpc) is 2.81. The van der Waals surface area contributed by atoms with Gasteiger partial charge in [0.1, 0.15) is 0 Å². The molecule has 1 unspecified atom stereocenters. The first kappa shape index (κ1) is 14.8. The summed E-state index contributed by atoms with van der Waals surface area (Å²) >= 11 is 7.28. The normalized spacial score (nSPS) is 12.2. The summed E-state index contributed by atoms with van der Waals surface area (Å²) in [6.07, 6.45) is 1.63. The second-order valence-corrected chi connectivity index (χ2v) is 6.42. The summed E-state index contributed by atoms with van der Waals surface area (Å²) in [5, 5.41) is 2.85. The lowest BCUT2D eigenvalue weighted by molar-refractivity contribution is -0.117.